The summed E-state index contributed by atoms with van der Waals surface area (Å²) in [6.07, 6.45) is 0. The highest BCUT2D eigenvalue weighted by molar-refractivity contribution is 6.34. The van der Waals surface area contributed by atoms with Gasteiger partial charge in [-0.2, -0.15) is 0 Å². The second kappa shape index (κ2) is 8.83. The van der Waals surface area contributed by atoms with Crippen molar-refractivity contribution in [1.29, 1.82) is 0 Å². The average Bonchev–Trinajstić information content (AvgIpc) is 2.94. The molecule has 2 aromatic rings. The maximum absolute atomic E-state index is 12.6. The van der Waals surface area contributed by atoms with E-state index in [2.05, 4.69) is 15.8 Å². The molecule has 0 bridgehead atoms. The first-order valence-corrected chi connectivity index (χ1v) is 8.93. The Morgan fingerprint density at radius 2 is 2.00 bits per heavy atom. The van der Waals surface area contributed by atoms with Crippen LogP contribution < -0.4 is 10.6 Å². The molecule has 0 saturated carbocycles. The zero-order chi connectivity index (χ0) is 21.0. The van der Waals surface area contributed by atoms with Gasteiger partial charge >= 0.3 is 0 Å². The number of nitro groups is 1. The fourth-order valence-electron chi connectivity index (χ4n) is 2.60. The van der Waals surface area contributed by atoms with Crippen LogP contribution in [0.1, 0.15) is 41.2 Å². The lowest BCUT2D eigenvalue weighted by atomic mass is 10.0. The minimum atomic E-state index is -0.820. The van der Waals surface area contributed by atoms with Gasteiger partial charge in [0.1, 0.15) is 11.8 Å². The van der Waals surface area contributed by atoms with Gasteiger partial charge in [0.15, 0.2) is 0 Å². The Hall–Kier alpha value is -2.94. The van der Waals surface area contributed by atoms with Crippen molar-refractivity contribution < 1.29 is 19.0 Å². The second-order valence-corrected chi connectivity index (χ2v) is 7.04. The van der Waals surface area contributed by atoms with Crippen LogP contribution in [0.2, 0.25) is 5.02 Å². The number of rotatable bonds is 7. The van der Waals surface area contributed by atoms with Crippen LogP contribution in [0.3, 0.4) is 0 Å². The molecule has 10 heteroatoms. The summed E-state index contributed by atoms with van der Waals surface area (Å²) in [7, 11) is 0. The molecule has 2 rings (SSSR count). The van der Waals surface area contributed by atoms with Crippen molar-refractivity contribution in [2.45, 2.75) is 40.3 Å². The van der Waals surface area contributed by atoms with Gasteiger partial charge in [-0.05, 0) is 25.8 Å². The molecule has 1 atom stereocenters. The third kappa shape index (κ3) is 4.86. The molecule has 1 unspecified atom stereocenters. The molecule has 2 N–H and O–H groups in total. The number of halogens is 1. The Morgan fingerprint density at radius 1 is 1.32 bits per heavy atom. The monoisotopic (exact) mass is 408 g/mol. The molecule has 1 heterocycles. The van der Waals surface area contributed by atoms with Crippen LogP contribution in [-0.2, 0) is 11.3 Å². The van der Waals surface area contributed by atoms with Gasteiger partial charge in [-0.1, -0.05) is 30.6 Å². The van der Waals surface area contributed by atoms with E-state index in [1.165, 1.54) is 12.1 Å². The molecule has 1 aromatic carbocycles. The number of carbonyl (C=O) groups excluding carboxylic acids is 2. The van der Waals surface area contributed by atoms with E-state index < -0.39 is 16.9 Å². The number of aryl methyl sites for hydroxylation is 2. The molecule has 0 spiro atoms. The second-order valence-electron chi connectivity index (χ2n) is 6.64. The van der Waals surface area contributed by atoms with Gasteiger partial charge in [-0.15, -0.1) is 0 Å². The first kappa shape index (κ1) is 21.4. The van der Waals surface area contributed by atoms with E-state index in [0.29, 0.717) is 11.5 Å². The van der Waals surface area contributed by atoms with Crippen molar-refractivity contribution in [3.05, 3.63) is 55.9 Å². The molecule has 0 saturated heterocycles. The van der Waals surface area contributed by atoms with Crippen molar-refractivity contribution in [3.8, 4) is 0 Å². The minimum Gasteiger partial charge on any atom is -0.361 e. The number of aromatic nitrogens is 1. The molecule has 0 radical (unpaired) electrons. The Balaban J connectivity index is 2.10. The van der Waals surface area contributed by atoms with Crippen LogP contribution in [0.15, 0.2) is 22.7 Å². The minimum absolute atomic E-state index is 0.0523. The van der Waals surface area contributed by atoms with Crippen LogP contribution in [-0.4, -0.2) is 27.9 Å². The van der Waals surface area contributed by atoms with Crippen molar-refractivity contribution in [2.24, 2.45) is 5.92 Å². The number of benzene rings is 1. The summed E-state index contributed by atoms with van der Waals surface area (Å²) < 4.78 is 5.06. The topological polar surface area (TPSA) is 127 Å². The smallest absolute Gasteiger partial charge is 0.270 e. The molecule has 9 nitrogen and oxygen atoms in total. The Morgan fingerprint density at radius 3 is 2.50 bits per heavy atom. The summed E-state index contributed by atoms with van der Waals surface area (Å²) in [6.45, 7) is 7.32. The molecule has 2 amide bonds. The summed E-state index contributed by atoms with van der Waals surface area (Å²) in [5.41, 5.74) is 1.29. The van der Waals surface area contributed by atoms with Crippen LogP contribution in [0, 0.1) is 29.9 Å². The summed E-state index contributed by atoms with van der Waals surface area (Å²) in [5.74, 6) is -0.557. The normalized spacial score (nSPS) is 11.9. The van der Waals surface area contributed by atoms with Gasteiger partial charge in [0.25, 0.3) is 11.6 Å². The fraction of sp³-hybridized carbons (Fsp3) is 0.389. The van der Waals surface area contributed by atoms with E-state index in [0.717, 1.165) is 11.6 Å². The maximum atomic E-state index is 12.6. The SMILES string of the molecule is Cc1noc(C)c1CNC(=O)C(NC(=O)c1ccc([N+](=O)[O-])cc1Cl)C(C)C. The van der Waals surface area contributed by atoms with E-state index in [1.807, 2.05) is 0 Å². The molecule has 28 heavy (non-hydrogen) atoms. The van der Waals surface area contributed by atoms with Gasteiger partial charge in [-0.25, -0.2) is 0 Å². The summed E-state index contributed by atoms with van der Waals surface area (Å²) in [5, 5.41) is 20.0. The number of non-ortho nitro benzene ring substituents is 1. The lowest BCUT2D eigenvalue weighted by molar-refractivity contribution is -0.384. The molecule has 150 valence electrons. The molecular weight excluding hydrogens is 388 g/mol. The number of nitro benzene ring substituents is 1. The molecular formula is C18H21ClN4O5. The van der Waals surface area contributed by atoms with Crippen LogP contribution in [0.4, 0.5) is 5.69 Å². The van der Waals surface area contributed by atoms with E-state index in [1.54, 1.807) is 27.7 Å². The highest BCUT2D eigenvalue weighted by atomic mass is 35.5. The van der Waals surface area contributed by atoms with Gasteiger partial charge in [0.2, 0.25) is 5.91 Å². The molecule has 0 fully saturated rings. The predicted octanol–water partition coefficient (Wildman–Crippen LogP) is 2.92. The van der Waals surface area contributed by atoms with Gasteiger partial charge in [0.05, 0.1) is 21.2 Å². The fourth-order valence-corrected chi connectivity index (χ4v) is 2.86. The van der Waals surface area contributed by atoms with Gasteiger partial charge in [-0.3, -0.25) is 19.7 Å². The molecule has 0 aliphatic carbocycles. The number of hydrogen-bond acceptors (Lipinski definition) is 6. The number of nitrogens with one attached hydrogen (secondary N) is 2. The first-order chi connectivity index (χ1) is 13.1. The number of amides is 2. The Kier molecular flexibility index (Phi) is 6.74. The summed E-state index contributed by atoms with van der Waals surface area (Å²) >= 11 is 5.99. The third-order valence-electron chi connectivity index (χ3n) is 4.26. The molecule has 0 aliphatic heterocycles. The van der Waals surface area contributed by atoms with Crippen molar-refractivity contribution >= 4 is 29.1 Å². The van der Waals surface area contributed by atoms with Crippen LogP contribution in [0.25, 0.3) is 0 Å². The van der Waals surface area contributed by atoms with Crippen molar-refractivity contribution in [2.75, 3.05) is 0 Å². The van der Waals surface area contributed by atoms with E-state index in [4.69, 9.17) is 16.1 Å². The molecule has 0 aliphatic rings. The van der Waals surface area contributed by atoms with Gasteiger partial charge < -0.3 is 15.2 Å². The van der Waals surface area contributed by atoms with Crippen molar-refractivity contribution in [3.63, 3.8) is 0 Å². The quantitative estimate of drug-likeness (QED) is 0.535. The third-order valence-corrected chi connectivity index (χ3v) is 4.58. The summed E-state index contributed by atoms with van der Waals surface area (Å²) in [6, 6.07) is 2.72. The van der Waals surface area contributed by atoms with Crippen LogP contribution in [0.5, 0.6) is 0 Å². The number of hydrogen-bond donors (Lipinski definition) is 2. The Labute approximate surface area is 166 Å². The lowest BCUT2D eigenvalue weighted by Crippen LogP contribution is -2.49. The first-order valence-electron chi connectivity index (χ1n) is 8.56. The highest BCUT2D eigenvalue weighted by Crippen LogP contribution is 2.22. The van der Waals surface area contributed by atoms with Crippen LogP contribution >= 0.6 is 11.6 Å². The number of carbonyl (C=O) groups is 2. The standard InChI is InChI=1S/C18H21ClN4O5/c1-9(2)16(18(25)20-8-14-10(3)22-28-11(14)4)21-17(24)13-6-5-12(23(26)27)7-15(13)19/h5-7,9,16H,8H2,1-4H3,(H,20,25)(H,21,24). The summed E-state index contributed by atoms with van der Waals surface area (Å²) in [4.78, 5) is 35.3. The lowest BCUT2D eigenvalue weighted by Gasteiger charge is -2.22. The number of nitrogens with zero attached hydrogens (tertiary/aromatic N) is 2. The highest BCUT2D eigenvalue weighted by Gasteiger charge is 2.26. The zero-order valence-electron chi connectivity index (χ0n) is 15.9. The van der Waals surface area contributed by atoms with E-state index in [-0.39, 0.29) is 34.6 Å². The van der Waals surface area contributed by atoms with E-state index >= 15 is 0 Å². The van der Waals surface area contributed by atoms with Gasteiger partial charge in [0, 0.05) is 24.2 Å². The Bertz CT molecular complexity index is 890. The van der Waals surface area contributed by atoms with Crippen molar-refractivity contribution in [1.82, 2.24) is 15.8 Å². The largest absolute Gasteiger partial charge is 0.361 e. The predicted molar refractivity (Wildman–Crippen MR) is 102 cm³/mol. The molecule has 1 aromatic heterocycles. The van der Waals surface area contributed by atoms with E-state index in [9.17, 15) is 19.7 Å². The maximum Gasteiger partial charge on any atom is 0.270 e. The average molecular weight is 409 g/mol. The zero-order valence-corrected chi connectivity index (χ0v) is 16.7.